The number of nitrogens with one attached hydrogen (secondary N) is 1. The Bertz CT molecular complexity index is 400. The molecule has 18 heavy (non-hydrogen) atoms. The molecule has 1 saturated carbocycles. The second-order valence-electron chi connectivity index (χ2n) is 5.73. The number of rotatable bonds is 5. The van der Waals surface area contributed by atoms with Crippen LogP contribution in [0.4, 0.5) is 0 Å². The molecule has 0 aromatic heterocycles. The molecular weight excluding hydrogens is 222 g/mol. The van der Waals surface area contributed by atoms with Crippen LogP contribution in [0.15, 0.2) is 18.2 Å². The van der Waals surface area contributed by atoms with Crippen LogP contribution in [0, 0.1) is 12.8 Å². The number of hydrogen-bond acceptors (Lipinski definition) is 2. The van der Waals surface area contributed by atoms with E-state index in [0.29, 0.717) is 6.04 Å². The number of ether oxygens (including phenoxy) is 1. The van der Waals surface area contributed by atoms with Crippen LogP contribution in [0.2, 0.25) is 0 Å². The molecule has 0 radical (unpaired) electrons. The van der Waals surface area contributed by atoms with Crippen molar-refractivity contribution in [2.45, 2.75) is 45.6 Å². The van der Waals surface area contributed by atoms with Gasteiger partial charge in [-0.15, -0.1) is 0 Å². The lowest BCUT2D eigenvalue weighted by Crippen LogP contribution is -2.36. The smallest absolute Gasteiger partial charge is 0.119 e. The molecule has 0 spiro atoms. The van der Waals surface area contributed by atoms with E-state index in [1.807, 2.05) is 0 Å². The van der Waals surface area contributed by atoms with Crippen LogP contribution in [0.1, 0.15) is 43.7 Å². The quantitative estimate of drug-likeness (QED) is 0.860. The van der Waals surface area contributed by atoms with E-state index in [2.05, 4.69) is 44.3 Å². The second-order valence-corrected chi connectivity index (χ2v) is 5.73. The van der Waals surface area contributed by atoms with Crippen molar-refractivity contribution in [3.8, 4) is 5.75 Å². The maximum atomic E-state index is 5.27. The summed E-state index contributed by atoms with van der Waals surface area (Å²) in [6.45, 7) is 7.77. The average Bonchev–Trinajstić information content (AvgIpc) is 2.30. The van der Waals surface area contributed by atoms with E-state index in [4.69, 9.17) is 4.74 Å². The highest BCUT2D eigenvalue weighted by Gasteiger charge is 2.32. The zero-order chi connectivity index (χ0) is 13.1. The van der Waals surface area contributed by atoms with E-state index < -0.39 is 0 Å². The lowest BCUT2D eigenvalue weighted by atomic mass is 9.69. The van der Waals surface area contributed by atoms with Crippen molar-refractivity contribution in [2.24, 2.45) is 5.92 Å². The molecule has 2 nitrogen and oxygen atoms in total. The molecule has 0 bridgehead atoms. The van der Waals surface area contributed by atoms with Crippen LogP contribution < -0.4 is 10.1 Å². The molecule has 2 atom stereocenters. The van der Waals surface area contributed by atoms with Crippen LogP contribution in [-0.2, 0) is 0 Å². The van der Waals surface area contributed by atoms with Gasteiger partial charge in [-0.2, -0.15) is 0 Å². The van der Waals surface area contributed by atoms with Gasteiger partial charge in [0.15, 0.2) is 0 Å². The fraction of sp³-hybridized carbons (Fsp3) is 0.625. The van der Waals surface area contributed by atoms with Crippen molar-refractivity contribution in [1.29, 1.82) is 0 Å². The van der Waals surface area contributed by atoms with E-state index >= 15 is 0 Å². The first-order chi connectivity index (χ1) is 8.61. The summed E-state index contributed by atoms with van der Waals surface area (Å²) in [7, 11) is 1.73. The third kappa shape index (κ3) is 2.86. The summed E-state index contributed by atoms with van der Waals surface area (Å²) in [5.74, 6) is 2.51. The molecule has 100 valence electrons. The van der Waals surface area contributed by atoms with Crippen molar-refractivity contribution in [3.63, 3.8) is 0 Å². The Kier molecular flexibility index (Phi) is 4.28. The lowest BCUT2D eigenvalue weighted by molar-refractivity contribution is 0.240. The first-order valence-electron chi connectivity index (χ1n) is 6.99. The molecule has 1 N–H and O–H groups in total. The zero-order valence-corrected chi connectivity index (χ0v) is 12.0. The zero-order valence-electron chi connectivity index (χ0n) is 12.0. The molecule has 1 aliphatic carbocycles. The third-order valence-corrected chi connectivity index (χ3v) is 4.08. The predicted molar refractivity (Wildman–Crippen MR) is 76.3 cm³/mol. The summed E-state index contributed by atoms with van der Waals surface area (Å²) in [5, 5.41) is 3.56. The minimum atomic E-state index is 0.586. The summed E-state index contributed by atoms with van der Waals surface area (Å²) in [4.78, 5) is 0. The highest BCUT2D eigenvalue weighted by Crippen LogP contribution is 2.43. The van der Waals surface area contributed by atoms with Gasteiger partial charge in [-0.05, 0) is 61.4 Å². The Morgan fingerprint density at radius 2 is 2.11 bits per heavy atom. The lowest BCUT2D eigenvalue weighted by Gasteiger charge is -2.38. The minimum absolute atomic E-state index is 0.586. The van der Waals surface area contributed by atoms with Crippen molar-refractivity contribution in [1.82, 2.24) is 5.32 Å². The fourth-order valence-corrected chi connectivity index (χ4v) is 2.80. The highest BCUT2D eigenvalue weighted by molar-refractivity contribution is 5.38. The van der Waals surface area contributed by atoms with Crippen LogP contribution in [-0.4, -0.2) is 19.7 Å². The van der Waals surface area contributed by atoms with Crippen molar-refractivity contribution < 1.29 is 4.74 Å². The van der Waals surface area contributed by atoms with Crippen LogP contribution in [0.5, 0.6) is 5.75 Å². The fourth-order valence-electron chi connectivity index (χ4n) is 2.80. The Balaban J connectivity index is 2.03. The second kappa shape index (κ2) is 5.75. The largest absolute Gasteiger partial charge is 0.497 e. The Hall–Kier alpha value is -1.02. The molecule has 1 aliphatic rings. The summed E-state index contributed by atoms with van der Waals surface area (Å²) in [6.07, 6.45) is 2.69. The number of methoxy groups -OCH3 is 1. The van der Waals surface area contributed by atoms with Crippen molar-refractivity contribution >= 4 is 0 Å². The summed E-state index contributed by atoms with van der Waals surface area (Å²) >= 11 is 0. The van der Waals surface area contributed by atoms with Gasteiger partial charge in [-0.25, -0.2) is 0 Å². The summed E-state index contributed by atoms with van der Waals surface area (Å²) < 4.78 is 5.27. The molecule has 1 aromatic carbocycles. The van der Waals surface area contributed by atoms with Crippen molar-refractivity contribution in [2.75, 3.05) is 13.7 Å². The van der Waals surface area contributed by atoms with Crippen LogP contribution in [0.3, 0.4) is 0 Å². The molecule has 0 aliphatic heterocycles. The summed E-state index contributed by atoms with van der Waals surface area (Å²) in [6, 6.07) is 7.08. The van der Waals surface area contributed by atoms with Gasteiger partial charge in [0.2, 0.25) is 0 Å². The maximum absolute atomic E-state index is 5.27. The molecule has 1 fully saturated rings. The first kappa shape index (κ1) is 13.4. The van der Waals surface area contributed by atoms with Crippen LogP contribution >= 0.6 is 0 Å². The van der Waals surface area contributed by atoms with Crippen LogP contribution in [0.25, 0.3) is 0 Å². The molecular formula is C16H25NO. The molecule has 2 unspecified atom stereocenters. The van der Waals surface area contributed by atoms with E-state index in [0.717, 1.165) is 24.1 Å². The monoisotopic (exact) mass is 247 g/mol. The third-order valence-electron chi connectivity index (χ3n) is 4.08. The van der Waals surface area contributed by atoms with Gasteiger partial charge in [-0.3, -0.25) is 0 Å². The van der Waals surface area contributed by atoms with Crippen molar-refractivity contribution in [3.05, 3.63) is 29.3 Å². The molecule has 0 amide bonds. The summed E-state index contributed by atoms with van der Waals surface area (Å²) in [5.41, 5.74) is 2.88. The van der Waals surface area contributed by atoms with E-state index in [9.17, 15) is 0 Å². The molecule has 1 aromatic rings. The normalized spacial score (nSPS) is 22.9. The molecule has 2 rings (SSSR count). The van der Waals surface area contributed by atoms with Gasteiger partial charge < -0.3 is 10.1 Å². The Labute approximate surface area is 111 Å². The van der Waals surface area contributed by atoms with E-state index in [1.54, 1.807) is 7.11 Å². The van der Waals surface area contributed by atoms with E-state index in [-0.39, 0.29) is 0 Å². The standard InChI is InChI=1S/C16H25NO/c1-11(2)17-10-13-5-7-16(13)15-8-6-14(18-4)9-12(15)3/h6,8-9,11,13,16-17H,5,7,10H2,1-4H3. The first-order valence-corrected chi connectivity index (χ1v) is 6.99. The molecule has 0 saturated heterocycles. The number of benzene rings is 1. The van der Waals surface area contributed by atoms with E-state index in [1.165, 1.54) is 24.0 Å². The number of aryl methyl sites for hydroxylation is 1. The number of hydrogen-bond donors (Lipinski definition) is 1. The van der Waals surface area contributed by atoms with Gasteiger partial charge >= 0.3 is 0 Å². The SMILES string of the molecule is COc1ccc(C2CCC2CNC(C)C)c(C)c1. The van der Waals surface area contributed by atoms with Gasteiger partial charge in [0.1, 0.15) is 5.75 Å². The Morgan fingerprint density at radius 3 is 2.61 bits per heavy atom. The van der Waals surface area contributed by atoms with Gasteiger partial charge in [0, 0.05) is 6.04 Å². The molecule has 0 heterocycles. The molecule has 2 heteroatoms. The topological polar surface area (TPSA) is 21.3 Å². The Morgan fingerprint density at radius 1 is 1.33 bits per heavy atom. The average molecular weight is 247 g/mol. The predicted octanol–water partition coefficient (Wildman–Crippen LogP) is 3.50. The maximum Gasteiger partial charge on any atom is 0.119 e. The van der Waals surface area contributed by atoms with Gasteiger partial charge in [0.25, 0.3) is 0 Å². The highest BCUT2D eigenvalue weighted by atomic mass is 16.5. The van der Waals surface area contributed by atoms with Gasteiger partial charge in [-0.1, -0.05) is 19.9 Å². The minimum Gasteiger partial charge on any atom is -0.497 e. The van der Waals surface area contributed by atoms with Gasteiger partial charge in [0.05, 0.1) is 7.11 Å².